The van der Waals surface area contributed by atoms with Gasteiger partial charge in [-0.1, -0.05) is 30.3 Å². The zero-order valence-electron chi connectivity index (χ0n) is 19.4. The molecule has 0 aromatic heterocycles. The number of aliphatic carboxylic acids is 1. The number of nitrogens with one attached hydrogen (secondary N) is 2. The summed E-state index contributed by atoms with van der Waals surface area (Å²) in [5.74, 6) is -0.646. The van der Waals surface area contributed by atoms with Gasteiger partial charge >= 0.3 is 5.97 Å². The Bertz CT molecular complexity index is 1290. The topological polar surface area (TPSA) is 114 Å². The highest BCUT2D eigenvalue weighted by Gasteiger charge is 2.23. The minimum Gasteiger partial charge on any atom is -0.486 e. The van der Waals surface area contributed by atoms with Gasteiger partial charge in [0.1, 0.15) is 18.5 Å². The fraction of sp³-hybridized carbons (Fsp3) is 0.148. The van der Waals surface area contributed by atoms with Crippen LogP contribution in [0.5, 0.6) is 11.5 Å². The first-order chi connectivity index (χ1) is 17.4. The van der Waals surface area contributed by atoms with Crippen LogP contribution in [0.2, 0.25) is 0 Å². The van der Waals surface area contributed by atoms with Crippen molar-refractivity contribution in [2.75, 3.05) is 23.8 Å². The monoisotopic (exact) mass is 504 g/mol. The zero-order chi connectivity index (χ0) is 25.5. The van der Waals surface area contributed by atoms with Crippen molar-refractivity contribution in [3.8, 4) is 11.5 Å². The van der Waals surface area contributed by atoms with Crippen molar-refractivity contribution >= 4 is 40.9 Å². The number of carbonyl (C=O) groups excluding carboxylic acids is 2. The number of anilines is 2. The van der Waals surface area contributed by atoms with Crippen LogP contribution in [-0.4, -0.2) is 36.1 Å². The van der Waals surface area contributed by atoms with Gasteiger partial charge in [-0.05, 0) is 48.9 Å². The number of carboxylic acid groups (broad SMARTS) is 1. The van der Waals surface area contributed by atoms with Gasteiger partial charge < -0.3 is 25.2 Å². The summed E-state index contributed by atoms with van der Waals surface area (Å²) < 4.78 is 11.2. The van der Waals surface area contributed by atoms with Crippen LogP contribution < -0.4 is 20.1 Å². The fourth-order valence-electron chi connectivity index (χ4n) is 3.42. The Balaban J connectivity index is 1.48. The molecule has 1 aliphatic rings. The summed E-state index contributed by atoms with van der Waals surface area (Å²) in [6.07, 6.45) is 1.03. The summed E-state index contributed by atoms with van der Waals surface area (Å²) in [7, 11) is 0. The molecule has 1 atom stereocenters. The molecule has 3 N–H and O–H groups in total. The number of rotatable bonds is 8. The number of fused-ring (bicyclic) bond motifs is 1. The van der Waals surface area contributed by atoms with Crippen LogP contribution >= 0.6 is 11.8 Å². The molecule has 0 bridgehead atoms. The Kier molecular flexibility index (Phi) is 7.92. The number of hydrogen-bond acceptors (Lipinski definition) is 6. The Morgan fingerprint density at radius 1 is 0.889 bits per heavy atom. The van der Waals surface area contributed by atoms with Gasteiger partial charge in [0, 0.05) is 34.0 Å². The average Bonchev–Trinajstić information content (AvgIpc) is 2.88. The minimum atomic E-state index is -1.15. The quantitative estimate of drug-likeness (QED) is 0.295. The highest BCUT2D eigenvalue weighted by Crippen LogP contribution is 2.38. The number of amides is 2. The summed E-state index contributed by atoms with van der Waals surface area (Å²) in [6, 6.07) is 21.7. The van der Waals surface area contributed by atoms with E-state index >= 15 is 0 Å². The van der Waals surface area contributed by atoms with E-state index in [4.69, 9.17) is 14.6 Å². The molecule has 9 heteroatoms. The standard InChI is InChI=1S/C27H24N2O6S/c1-17(27(32)33)15-24(30)28-19-7-10-21(11-8-19)36-25(18-5-3-2-4-6-18)26(31)29-20-9-12-22-23(16-20)35-14-13-34-22/h2-12,15-16,25H,13-14H2,1H3,(H,28,30)(H,29,31)(H,32,33)/b17-15+/t25-/m1/s1. The van der Waals surface area contributed by atoms with Crippen molar-refractivity contribution in [2.45, 2.75) is 17.1 Å². The first-order valence-electron chi connectivity index (χ1n) is 11.1. The van der Waals surface area contributed by atoms with E-state index in [0.29, 0.717) is 36.1 Å². The van der Waals surface area contributed by atoms with Gasteiger partial charge in [0.25, 0.3) is 0 Å². The van der Waals surface area contributed by atoms with Gasteiger partial charge in [-0.25, -0.2) is 4.79 Å². The molecule has 0 aliphatic carbocycles. The number of thioether (sulfide) groups is 1. The minimum absolute atomic E-state index is 0.0607. The van der Waals surface area contributed by atoms with Crippen LogP contribution in [0.3, 0.4) is 0 Å². The molecule has 0 fully saturated rings. The summed E-state index contributed by atoms with van der Waals surface area (Å²) in [4.78, 5) is 37.0. The van der Waals surface area contributed by atoms with Crippen molar-refractivity contribution < 1.29 is 29.0 Å². The number of carboxylic acids is 1. The second-order valence-electron chi connectivity index (χ2n) is 7.90. The van der Waals surface area contributed by atoms with E-state index < -0.39 is 17.1 Å². The van der Waals surface area contributed by atoms with Crippen molar-refractivity contribution in [1.82, 2.24) is 0 Å². The normalized spacial score (nSPS) is 13.4. The third-order valence-electron chi connectivity index (χ3n) is 5.21. The van der Waals surface area contributed by atoms with Gasteiger partial charge in [0.2, 0.25) is 11.8 Å². The van der Waals surface area contributed by atoms with Gasteiger partial charge in [-0.3, -0.25) is 9.59 Å². The lowest BCUT2D eigenvalue weighted by Gasteiger charge is -2.20. The molecule has 0 spiro atoms. The van der Waals surface area contributed by atoms with E-state index in [1.54, 1.807) is 42.5 Å². The predicted octanol–water partition coefficient (Wildman–Crippen LogP) is 4.90. The summed E-state index contributed by atoms with van der Waals surface area (Å²) in [5, 5.41) is 14.0. The van der Waals surface area contributed by atoms with Crippen LogP contribution in [0.4, 0.5) is 11.4 Å². The molecule has 0 radical (unpaired) electrons. The van der Waals surface area contributed by atoms with E-state index in [1.807, 2.05) is 30.3 Å². The van der Waals surface area contributed by atoms with Crippen molar-refractivity contribution in [3.05, 3.63) is 90.0 Å². The average molecular weight is 505 g/mol. The lowest BCUT2D eigenvalue weighted by Crippen LogP contribution is -2.20. The Morgan fingerprint density at radius 2 is 1.56 bits per heavy atom. The smallest absolute Gasteiger partial charge is 0.331 e. The molecule has 1 aliphatic heterocycles. The van der Waals surface area contributed by atoms with Crippen molar-refractivity contribution in [1.29, 1.82) is 0 Å². The number of ether oxygens (including phenoxy) is 2. The molecule has 36 heavy (non-hydrogen) atoms. The summed E-state index contributed by atoms with van der Waals surface area (Å²) in [6.45, 7) is 2.30. The highest BCUT2D eigenvalue weighted by atomic mass is 32.2. The van der Waals surface area contributed by atoms with E-state index in [2.05, 4.69) is 10.6 Å². The van der Waals surface area contributed by atoms with E-state index in [9.17, 15) is 14.4 Å². The molecule has 8 nitrogen and oxygen atoms in total. The molecule has 0 unspecified atom stereocenters. The molecule has 4 rings (SSSR count). The van der Waals surface area contributed by atoms with E-state index in [-0.39, 0.29) is 11.5 Å². The van der Waals surface area contributed by atoms with Gasteiger partial charge in [0.05, 0.1) is 0 Å². The predicted molar refractivity (Wildman–Crippen MR) is 138 cm³/mol. The van der Waals surface area contributed by atoms with Crippen LogP contribution in [-0.2, 0) is 14.4 Å². The molecule has 3 aromatic rings. The molecular formula is C27H24N2O6S. The second-order valence-corrected chi connectivity index (χ2v) is 9.08. The number of carbonyl (C=O) groups is 3. The molecule has 3 aromatic carbocycles. The van der Waals surface area contributed by atoms with E-state index in [1.165, 1.54) is 18.7 Å². The third-order valence-corrected chi connectivity index (χ3v) is 6.48. The zero-order valence-corrected chi connectivity index (χ0v) is 20.2. The Labute approximate surface area is 212 Å². The molecule has 184 valence electrons. The molecule has 0 saturated heterocycles. The van der Waals surface area contributed by atoms with Crippen LogP contribution in [0.1, 0.15) is 17.7 Å². The molecule has 1 heterocycles. The van der Waals surface area contributed by atoms with Crippen molar-refractivity contribution in [2.24, 2.45) is 0 Å². The van der Waals surface area contributed by atoms with Gasteiger partial charge in [0.15, 0.2) is 11.5 Å². The van der Waals surface area contributed by atoms with Gasteiger partial charge in [-0.15, -0.1) is 11.8 Å². The SMILES string of the molecule is C/C(=C\C(=O)Nc1ccc(S[C@@H](C(=O)Nc2ccc3c(c2)OCCO3)c2ccccc2)cc1)C(=O)O. The maximum absolute atomic E-state index is 13.3. The van der Waals surface area contributed by atoms with E-state index in [0.717, 1.165) is 16.5 Å². The molecule has 0 saturated carbocycles. The molecule has 2 amide bonds. The maximum atomic E-state index is 13.3. The van der Waals surface area contributed by atoms with Crippen molar-refractivity contribution in [3.63, 3.8) is 0 Å². The third kappa shape index (κ3) is 6.45. The number of benzene rings is 3. The van der Waals surface area contributed by atoms with Gasteiger partial charge in [-0.2, -0.15) is 0 Å². The van der Waals surface area contributed by atoms with Crippen LogP contribution in [0.25, 0.3) is 0 Å². The summed E-state index contributed by atoms with van der Waals surface area (Å²) >= 11 is 1.37. The Morgan fingerprint density at radius 3 is 2.25 bits per heavy atom. The first-order valence-corrected chi connectivity index (χ1v) is 12.0. The van der Waals surface area contributed by atoms with Crippen LogP contribution in [0.15, 0.2) is 89.3 Å². The largest absolute Gasteiger partial charge is 0.486 e. The second kappa shape index (κ2) is 11.5. The first kappa shape index (κ1) is 24.9. The summed E-state index contributed by atoms with van der Waals surface area (Å²) in [5.41, 5.74) is 1.89. The fourth-order valence-corrected chi connectivity index (χ4v) is 4.44. The number of hydrogen-bond donors (Lipinski definition) is 3. The van der Waals surface area contributed by atoms with Crippen LogP contribution in [0, 0.1) is 0 Å². The molecular weight excluding hydrogens is 480 g/mol. The Hall–Kier alpha value is -4.24. The highest BCUT2D eigenvalue weighted by molar-refractivity contribution is 8.00. The lowest BCUT2D eigenvalue weighted by atomic mass is 10.1. The maximum Gasteiger partial charge on any atom is 0.331 e. The lowest BCUT2D eigenvalue weighted by molar-refractivity contribution is -0.132.